The minimum Gasteiger partial charge on any atom is -0.334 e. The fourth-order valence-corrected chi connectivity index (χ4v) is 2.58. The van der Waals surface area contributed by atoms with Crippen molar-refractivity contribution in [2.75, 3.05) is 20.6 Å². The number of benzene rings is 1. The number of hydrogen-bond acceptors (Lipinski definition) is 3. The number of urea groups is 1. The van der Waals surface area contributed by atoms with Gasteiger partial charge >= 0.3 is 6.03 Å². The lowest BCUT2D eigenvalue weighted by molar-refractivity contribution is 0.241. The first-order valence-electron chi connectivity index (χ1n) is 5.85. The van der Waals surface area contributed by atoms with Gasteiger partial charge in [0.05, 0.1) is 11.4 Å². The molecule has 0 fully saturated rings. The molecule has 0 spiro atoms. The summed E-state index contributed by atoms with van der Waals surface area (Å²) in [7, 11) is -0.628. The van der Waals surface area contributed by atoms with Gasteiger partial charge in [-0.15, -0.1) is 6.42 Å². The number of sulfonamides is 1. The molecular formula is C13H17N3O3S. The number of nitrogens with zero attached hydrogens (tertiary/aromatic N) is 1. The summed E-state index contributed by atoms with van der Waals surface area (Å²) in [5.74, 6) is 2.27. The van der Waals surface area contributed by atoms with Crippen LogP contribution in [0.3, 0.4) is 0 Å². The van der Waals surface area contributed by atoms with Crippen molar-refractivity contribution in [1.82, 2.24) is 14.9 Å². The molecule has 2 N–H and O–H groups in total. The van der Waals surface area contributed by atoms with Gasteiger partial charge in [0.15, 0.2) is 0 Å². The Morgan fingerprint density at radius 2 is 1.95 bits per heavy atom. The molecule has 108 valence electrons. The number of amides is 2. The molecule has 0 aliphatic rings. The zero-order valence-corrected chi connectivity index (χ0v) is 12.2. The second-order valence-corrected chi connectivity index (χ2v) is 6.26. The Morgan fingerprint density at radius 3 is 2.55 bits per heavy atom. The van der Waals surface area contributed by atoms with Gasteiger partial charge in [-0.1, -0.05) is 24.1 Å². The van der Waals surface area contributed by atoms with E-state index in [0.717, 1.165) is 4.31 Å². The molecule has 1 rings (SSSR count). The summed E-state index contributed by atoms with van der Waals surface area (Å²) in [5, 5.41) is 4.99. The Bertz CT molecular complexity index is 618. The number of nitrogens with one attached hydrogen (secondary N) is 2. The van der Waals surface area contributed by atoms with E-state index in [1.807, 2.05) is 0 Å². The molecule has 0 aliphatic carbocycles. The number of terminal acetylenes is 1. The van der Waals surface area contributed by atoms with Crippen molar-refractivity contribution in [3.05, 3.63) is 29.8 Å². The molecule has 20 heavy (non-hydrogen) atoms. The van der Waals surface area contributed by atoms with Gasteiger partial charge in [0.1, 0.15) is 0 Å². The smallest absolute Gasteiger partial charge is 0.315 e. The fourth-order valence-electron chi connectivity index (χ4n) is 1.47. The first kappa shape index (κ1) is 16.0. The first-order valence-corrected chi connectivity index (χ1v) is 7.29. The van der Waals surface area contributed by atoms with E-state index in [1.165, 1.54) is 20.2 Å². The van der Waals surface area contributed by atoms with Gasteiger partial charge in [0, 0.05) is 20.6 Å². The maximum Gasteiger partial charge on any atom is 0.315 e. The minimum atomic E-state index is -3.54. The van der Waals surface area contributed by atoms with E-state index in [0.29, 0.717) is 5.56 Å². The normalized spacial score (nSPS) is 10.9. The van der Waals surface area contributed by atoms with Crippen LogP contribution < -0.4 is 10.6 Å². The van der Waals surface area contributed by atoms with Gasteiger partial charge in [0.25, 0.3) is 0 Å². The average Bonchev–Trinajstić information content (AvgIpc) is 2.42. The van der Waals surface area contributed by atoms with Crippen LogP contribution in [0.5, 0.6) is 0 Å². The molecule has 2 amide bonds. The number of carbonyl (C=O) groups excluding carboxylic acids is 1. The van der Waals surface area contributed by atoms with E-state index in [-0.39, 0.29) is 18.0 Å². The maximum absolute atomic E-state index is 12.1. The monoisotopic (exact) mass is 295 g/mol. The summed E-state index contributed by atoms with van der Waals surface area (Å²) < 4.78 is 25.4. The van der Waals surface area contributed by atoms with Gasteiger partial charge in [-0.3, -0.25) is 0 Å². The topological polar surface area (TPSA) is 78.5 Å². The molecule has 0 aliphatic heterocycles. The summed E-state index contributed by atoms with van der Waals surface area (Å²) in [6, 6.07) is 6.06. The Hall–Kier alpha value is -2.04. The van der Waals surface area contributed by atoms with Crippen LogP contribution in [0.4, 0.5) is 4.79 Å². The van der Waals surface area contributed by atoms with Crippen LogP contribution in [-0.4, -0.2) is 39.4 Å². The van der Waals surface area contributed by atoms with Crippen molar-refractivity contribution in [1.29, 1.82) is 0 Å². The third-order valence-electron chi connectivity index (χ3n) is 2.52. The van der Waals surface area contributed by atoms with Crippen molar-refractivity contribution in [2.24, 2.45) is 0 Å². The second kappa shape index (κ2) is 6.93. The highest BCUT2D eigenvalue weighted by Gasteiger charge is 2.20. The molecule has 0 heterocycles. The van der Waals surface area contributed by atoms with Crippen molar-refractivity contribution in [2.45, 2.75) is 11.4 Å². The molecule has 1 aromatic rings. The van der Waals surface area contributed by atoms with Crippen molar-refractivity contribution in [3.63, 3.8) is 0 Å². The SMILES string of the molecule is C#CCNC(=O)NCc1ccccc1S(=O)(=O)N(C)C. The first-order chi connectivity index (χ1) is 9.39. The van der Waals surface area contributed by atoms with E-state index in [1.54, 1.807) is 18.2 Å². The van der Waals surface area contributed by atoms with Crippen LogP contribution in [0.2, 0.25) is 0 Å². The van der Waals surface area contributed by atoms with Crippen LogP contribution in [0.25, 0.3) is 0 Å². The van der Waals surface area contributed by atoms with Crippen LogP contribution >= 0.6 is 0 Å². The lowest BCUT2D eigenvalue weighted by Gasteiger charge is -2.15. The predicted molar refractivity (Wildman–Crippen MR) is 76.4 cm³/mol. The quantitative estimate of drug-likeness (QED) is 0.770. The highest BCUT2D eigenvalue weighted by atomic mass is 32.2. The summed E-state index contributed by atoms with van der Waals surface area (Å²) in [6.07, 6.45) is 5.02. The van der Waals surface area contributed by atoms with E-state index >= 15 is 0 Å². The van der Waals surface area contributed by atoms with Gasteiger partial charge in [-0.2, -0.15) is 0 Å². The van der Waals surface area contributed by atoms with Gasteiger partial charge in [-0.05, 0) is 11.6 Å². The molecule has 0 radical (unpaired) electrons. The minimum absolute atomic E-state index is 0.0969. The van der Waals surface area contributed by atoms with E-state index < -0.39 is 16.1 Å². The highest BCUT2D eigenvalue weighted by molar-refractivity contribution is 7.89. The summed E-state index contributed by atoms with van der Waals surface area (Å²) in [4.78, 5) is 11.6. The lowest BCUT2D eigenvalue weighted by atomic mass is 10.2. The largest absolute Gasteiger partial charge is 0.334 e. The summed E-state index contributed by atoms with van der Waals surface area (Å²) >= 11 is 0. The Kier molecular flexibility index (Phi) is 5.55. The van der Waals surface area contributed by atoms with Gasteiger partial charge < -0.3 is 10.6 Å². The Labute approximate surface area is 119 Å². The molecule has 1 aromatic carbocycles. The molecule has 0 saturated heterocycles. The van der Waals surface area contributed by atoms with E-state index in [9.17, 15) is 13.2 Å². The zero-order chi connectivity index (χ0) is 15.2. The second-order valence-electron chi connectivity index (χ2n) is 4.14. The van der Waals surface area contributed by atoms with Gasteiger partial charge in [-0.25, -0.2) is 17.5 Å². The number of carbonyl (C=O) groups is 1. The number of hydrogen-bond donors (Lipinski definition) is 2. The van der Waals surface area contributed by atoms with Crippen LogP contribution in [0.1, 0.15) is 5.56 Å². The molecule has 0 saturated carbocycles. The van der Waals surface area contributed by atoms with Crippen molar-refractivity contribution < 1.29 is 13.2 Å². The third-order valence-corrected chi connectivity index (χ3v) is 4.44. The Balaban J connectivity index is 2.88. The summed E-state index contributed by atoms with van der Waals surface area (Å²) in [6.45, 7) is 0.211. The molecular weight excluding hydrogens is 278 g/mol. The van der Waals surface area contributed by atoms with Crippen molar-refractivity contribution >= 4 is 16.1 Å². The molecule has 7 heteroatoms. The summed E-state index contributed by atoms with van der Waals surface area (Å²) in [5.41, 5.74) is 0.511. The standard InChI is InChI=1S/C13H17N3O3S/c1-4-9-14-13(17)15-10-11-7-5-6-8-12(11)20(18,19)16(2)3/h1,5-8H,9-10H2,2-3H3,(H2,14,15,17). The number of rotatable bonds is 5. The van der Waals surface area contributed by atoms with E-state index in [2.05, 4.69) is 16.6 Å². The van der Waals surface area contributed by atoms with Crippen LogP contribution in [0, 0.1) is 12.3 Å². The zero-order valence-electron chi connectivity index (χ0n) is 11.4. The van der Waals surface area contributed by atoms with Crippen LogP contribution in [-0.2, 0) is 16.6 Å². The predicted octanol–water partition coefficient (Wildman–Crippen LogP) is 0.369. The lowest BCUT2D eigenvalue weighted by Crippen LogP contribution is -2.35. The third kappa shape index (κ3) is 3.98. The fraction of sp³-hybridized carbons (Fsp3) is 0.308. The average molecular weight is 295 g/mol. The van der Waals surface area contributed by atoms with Crippen LogP contribution in [0.15, 0.2) is 29.2 Å². The molecule has 0 bridgehead atoms. The van der Waals surface area contributed by atoms with Crippen molar-refractivity contribution in [3.8, 4) is 12.3 Å². The molecule has 0 unspecified atom stereocenters. The van der Waals surface area contributed by atoms with E-state index in [4.69, 9.17) is 6.42 Å². The Morgan fingerprint density at radius 1 is 1.30 bits per heavy atom. The van der Waals surface area contributed by atoms with Gasteiger partial charge in [0.2, 0.25) is 10.0 Å². The molecule has 0 atom stereocenters. The molecule has 0 aromatic heterocycles. The molecule has 6 nitrogen and oxygen atoms in total. The maximum atomic E-state index is 12.1. The highest BCUT2D eigenvalue weighted by Crippen LogP contribution is 2.18.